The van der Waals surface area contributed by atoms with Crippen LogP contribution in [0.5, 0.6) is 5.75 Å². The normalized spacial score (nSPS) is 28.2. The highest BCUT2D eigenvalue weighted by molar-refractivity contribution is 6.21. The van der Waals surface area contributed by atoms with E-state index in [1.165, 1.54) is 0 Å². The molecule has 5 heteroatoms. The summed E-state index contributed by atoms with van der Waals surface area (Å²) in [4.78, 5) is 31.2. The Morgan fingerprint density at radius 2 is 2.08 bits per heavy atom. The van der Waals surface area contributed by atoms with Gasteiger partial charge in [-0.25, -0.2) is 0 Å². The first-order valence-corrected chi connectivity index (χ1v) is 8.44. The Morgan fingerprint density at radius 1 is 1.29 bits per heavy atom. The predicted octanol–water partition coefficient (Wildman–Crippen LogP) is 2.46. The quantitative estimate of drug-likeness (QED) is 0.797. The largest absolute Gasteiger partial charge is 0.508 e. The summed E-state index contributed by atoms with van der Waals surface area (Å²) in [5.41, 5.74) is 3.47. The van der Waals surface area contributed by atoms with Crippen molar-refractivity contribution >= 4 is 17.6 Å². The summed E-state index contributed by atoms with van der Waals surface area (Å²) in [6.45, 7) is 4.34. The van der Waals surface area contributed by atoms with E-state index in [1.807, 2.05) is 26.0 Å². The van der Waals surface area contributed by atoms with Crippen LogP contribution in [0.25, 0.3) is 0 Å². The molecule has 0 spiro atoms. The molecule has 2 amide bonds. The Kier molecular flexibility index (Phi) is 3.34. The van der Waals surface area contributed by atoms with Gasteiger partial charge in [-0.2, -0.15) is 4.99 Å². The zero-order valence-electron chi connectivity index (χ0n) is 13.9. The summed E-state index contributed by atoms with van der Waals surface area (Å²) in [7, 11) is 0. The Hall–Kier alpha value is -2.43. The third-order valence-electron chi connectivity index (χ3n) is 5.41. The molecule has 2 atom stereocenters. The number of fused-ring (bicyclic) bond motifs is 5. The van der Waals surface area contributed by atoms with Crippen molar-refractivity contribution in [1.29, 1.82) is 0 Å². The van der Waals surface area contributed by atoms with Crippen LogP contribution in [0.2, 0.25) is 0 Å². The van der Waals surface area contributed by atoms with Gasteiger partial charge in [0.2, 0.25) is 5.91 Å². The maximum atomic E-state index is 12.8. The minimum Gasteiger partial charge on any atom is -0.508 e. The third kappa shape index (κ3) is 2.04. The minimum atomic E-state index is -0.331. The maximum absolute atomic E-state index is 12.8. The number of hydrogen-bond donors (Lipinski definition) is 1. The van der Waals surface area contributed by atoms with Gasteiger partial charge in [-0.15, -0.1) is 0 Å². The number of aromatic hydroxyl groups is 1. The van der Waals surface area contributed by atoms with E-state index in [0.717, 1.165) is 29.5 Å². The molecular weight excluding hydrogens is 304 g/mol. The number of phenolic OH excluding ortho intramolecular Hbond substituents is 1. The molecule has 0 aromatic heterocycles. The fraction of sp³-hybridized carbons (Fsp3) is 0.421. The molecule has 2 heterocycles. The second kappa shape index (κ2) is 5.30. The van der Waals surface area contributed by atoms with Crippen molar-refractivity contribution in [2.45, 2.75) is 39.0 Å². The Morgan fingerprint density at radius 3 is 2.88 bits per heavy atom. The van der Waals surface area contributed by atoms with Crippen LogP contribution < -0.4 is 0 Å². The number of rotatable bonds is 0. The van der Waals surface area contributed by atoms with E-state index in [-0.39, 0.29) is 29.4 Å². The highest BCUT2D eigenvalue weighted by Gasteiger charge is 2.45. The first kappa shape index (κ1) is 15.1. The lowest BCUT2D eigenvalue weighted by Crippen LogP contribution is -2.35. The fourth-order valence-electron chi connectivity index (χ4n) is 3.98. The van der Waals surface area contributed by atoms with E-state index in [2.05, 4.69) is 4.99 Å². The third-order valence-corrected chi connectivity index (χ3v) is 5.41. The second-order valence-electron chi connectivity index (χ2n) is 6.89. The maximum Gasteiger partial charge on any atom is 0.255 e. The van der Waals surface area contributed by atoms with Crippen LogP contribution >= 0.6 is 0 Å². The summed E-state index contributed by atoms with van der Waals surface area (Å²) in [5, 5.41) is 10.1. The molecule has 24 heavy (non-hydrogen) atoms. The van der Waals surface area contributed by atoms with Crippen LogP contribution in [-0.2, 0) is 16.0 Å². The molecular formula is C19H20N2O3. The molecule has 1 fully saturated rings. The second-order valence-corrected chi connectivity index (χ2v) is 6.89. The highest BCUT2D eigenvalue weighted by atomic mass is 16.3. The van der Waals surface area contributed by atoms with Crippen LogP contribution in [0.4, 0.5) is 0 Å². The molecule has 1 unspecified atom stereocenters. The monoisotopic (exact) mass is 324 g/mol. The SMILES string of the molecule is Cc1c(O)ccc2c1C1C(=CC2)C(=O)N2CCC[C@H](C)C(=O)/N=C/12. The number of nitrogens with zero attached hydrogens (tertiary/aromatic N) is 2. The molecule has 0 saturated carbocycles. The number of hydrogen-bond acceptors (Lipinski definition) is 3. The molecule has 0 bridgehead atoms. The Labute approximate surface area is 140 Å². The number of carbonyl (C=O) groups is 2. The van der Waals surface area contributed by atoms with Gasteiger partial charge in [-0.05, 0) is 48.9 Å². The Bertz CT molecular complexity index is 822. The zero-order valence-corrected chi connectivity index (χ0v) is 13.9. The first-order valence-electron chi connectivity index (χ1n) is 8.44. The molecule has 2 aliphatic heterocycles. The van der Waals surface area contributed by atoms with Crippen LogP contribution in [-0.4, -0.2) is 34.2 Å². The van der Waals surface area contributed by atoms with E-state index < -0.39 is 0 Å². The number of aliphatic imine (C=N–C) groups is 1. The number of benzene rings is 1. The number of carbonyl (C=O) groups excluding carboxylic acids is 2. The molecule has 1 aromatic rings. The lowest BCUT2D eigenvalue weighted by Gasteiger charge is -2.25. The van der Waals surface area contributed by atoms with Gasteiger partial charge in [0.25, 0.3) is 5.91 Å². The smallest absolute Gasteiger partial charge is 0.255 e. The van der Waals surface area contributed by atoms with Gasteiger partial charge >= 0.3 is 0 Å². The number of phenols is 1. The van der Waals surface area contributed by atoms with Gasteiger partial charge in [0.15, 0.2) is 0 Å². The molecule has 1 aliphatic carbocycles. The summed E-state index contributed by atoms with van der Waals surface area (Å²) < 4.78 is 0. The van der Waals surface area contributed by atoms with Crippen molar-refractivity contribution in [3.8, 4) is 5.75 Å². The zero-order chi connectivity index (χ0) is 17.0. The summed E-state index contributed by atoms with van der Waals surface area (Å²) in [6, 6.07) is 3.58. The first-order chi connectivity index (χ1) is 11.5. The minimum absolute atomic E-state index is 0.0468. The predicted molar refractivity (Wildman–Crippen MR) is 89.9 cm³/mol. The molecule has 1 aromatic carbocycles. The van der Waals surface area contributed by atoms with Crippen LogP contribution in [0.15, 0.2) is 28.8 Å². The van der Waals surface area contributed by atoms with E-state index >= 15 is 0 Å². The average Bonchev–Trinajstić information content (AvgIpc) is 2.81. The van der Waals surface area contributed by atoms with Crippen molar-refractivity contribution in [1.82, 2.24) is 4.90 Å². The van der Waals surface area contributed by atoms with Crippen molar-refractivity contribution in [3.05, 3.63) is 40.5 Å². The van der Waals surface area contributed by atoms with Gasteiger partial charge in [0.1, 0.15) is 11.6 Å². The topological polar surface area (TPSA) is 70.0 Å². The van der Waals surface area contributed by atoms with Crippen molar-refractivity contribution in [2.24, 2.45) is 10.9 Å². The Balaban J connectivity index is 1.93. The van der Waals surface area contributed by atoms with E-state index in [1.54, 1.807) is 11.0 Å². The highest BCUT2D eigenvalue weighted by Crippen LogP contribution is 2.44. The van der Waals surface area contributed by atoms with Gasteiger partial charge in [-0.1, -0.05) is 19.1 Å². The summed E-state index contributed by atoms with van der Waals surface area (Å²) in [6.07, 6.45) is 4.16. The summed E-state index contributed by atoms with van der Waals surface area (Å²) >= 11 is 0. The lowest BCUT2D eigenvalue weighted by molar-refractivity contribution is -0.123. The van der Waals surface area contributed by atoms with Crippen molar-refractivity contribution < 1.29 is 14.7 Å². The molecule has 124 valence electrons. The molecule has 0 radical (unpaired) electrons. The standard InChI is InChI=1S/C19H20N2O3/c1-10-4-3-9-21-17(20-18(10)23)16-13(19(21)24)7-5-12-6-8-14(22)11(2)15(12)16/h6-8,10,16,22H,3-5,9H2,1-2H3/b20-17-/t10-,16?/m0/s1. The molecule has 5 nitrogen and oxygen atoms in total. The van der Waals surface area contributed by atoms with Crippen molar-refractivity contribution in [2.75, 3.05) is 6.54 Å². The summed E-state index contributed by atoms with van der Waals surface area (Å²) in [5.74, 6) is 0.103. The fourth-order valence-corrected chi connectivity index (χ4v) is 3.98. The van der Waals surface area contributed by atoms with E-state index in [9.17, 15) is 14.7 Å². The van der Waals surface area contributed by atoms with Gasteiger partial charge in [0.05, 0.1) is 5.92 Å². The molecule has 4 rings (SSSR count). The van der Waals surface area contributed by atoms with E-state index in [4.69, 9.17) is 0 Å². The van der Waals surface area contributed by atoms with E-state index in [0.29, 0.717) is 24.4 Å². The van der Waals surface area contributed by atoms with Crippen LogP contribution in [0, 0.1) is 12.8 Å². The van der Waals surface area contributed by atoms with Gasteiger partial charge < -0.3 is 5.11 Å². The average molecular weight is 324 g/mol. The van der Waals surface area contributed by atoms with Crippen molar-refractivity contribution in [3.63, 3.8) is 0 Å². The lowest BCUT2D eigenvalue weighted by atomic mass is 9.80. The van der Waals surface area contributed by atoms with Crippen LogP contribution in [0.3, 0.4) is 0 Å². The molecule has 1 N–H and O–H groups in total. The number of allylic oxidation sites excluding steroid dienone is 1. The number of amidine groups is 1. The number of amides is 2. The van der Waals surface area contributed by atoms with Gasteiger partial charge in [0, 0.05) is 18.0 Å². The molecule has 1 saturated heterocycles. The van der Waals surface area contributed by atoms with Crippen LogP contribution in [0.1, 0.15) is 42.4 Å². The van der Waals surface area contributed by atoms with Gasteiger partial charge in [-0.3, -0.25) is 14.5 Å². The molecule has 3 aliphatic rings.